The number of benzene rings is 1. The van der Waals surface area contributed by atoms with E-state index in [4.69, 9.17) is 0 Å². The third-order valence-electron chi connectivity index (χ3n) is 3.49. The highest BCUT2D eigenvalue weighted by Gasteiger charge is 2.18. The van der Waals surface area contributed by atoms with Crippen LogP contribution >= 0.6 is 0 Å². The molecule has 1 rings (SSSR count). The number of quaternary nitrogens is 1. The molecule has 0 bridgehead atoms. The van der Waals surface area contributed by atoms with Crippen molar-refractivity contribution in [3.63, 3.8) is 0 Å². The van der Waals surface area contributed by atoms with E-state index in [9.17, 15) is 9.59 Å². The molecular weight excluding hydrogens is 290 g/mol. The highest BCUT2D eigenvalue weighted by atomic mass is 16.2. The third kappa shape index (κ3) is 7.79. The minimum Gasteiger partial charge on any atom is -0.349 e. The quantitative estimate of drug-likeness (QED) is 0.627. The van der Waals surface area contributed by atoms with Crippen LogP contribution in [0.25, 0.3) is 0 Å². The summed E-state index contributed by atoms with van der Waals surface area (Å²) >= 11 is 0. The molecular formula is C18H30N3O2+. The van der Waals surface area contributed by atoms with Crippen molar-refractivity contribution in [2.75, 3.05) is 20.1 Å². The number of carbonyl (C=O) groups excluding carboxylic acids is 2. The molecule has 2 amide bonds. The fourth-order valence-electron chi connectivity index (χ4n) is 2.53. The van der Waals surface area contributed by atoms with Crippen LogP contribution in [0.4, 0.5) is 0 Å². The van der Waals surface area contributed by atoms with Crippen LogP contribution in [0.5, 0.6) is 0 Å². The number of amides is 2. The molecule has 0 heterocycles. The van der Waals surface area contributed by atoms with Gasteiger partial charge in [0.1, 0.15) is 0 Å². The monoisotopic (exact) mass is 320 g/mol. The summed E-state index contributed by atoms with van der Waals surface area (Å²) in [5.41, 5.74) is 1.12. The van der Waals surface area contributed by atoms with Crippen LogP contribution in [-0.2, 0) is 9.59 Å². The Morgan fingerprint density at radius 1 is 1.04 bits per heavy atom. The van der Waals surface area contributed by atoms with Crippen LogP contribution in [0.3, 0.4) is 0 Å². The molecule has 0 saturated carbocycles. The molecule has 0 spiro atoms. The van der Waals surface area contributed by atoms with Crippen LogP contribution in [0, 0.1) is 0 Å². The summed E-state index contributed by atoms with van der Waals surface area (Å²) in [6.07, 6.45) is 1.90. The van der Waals surface area contributed by atoms with Gasteiger partial charge in [-0.1, -0.05) is 43.7 Å². The van der Waals surface area contributed by atoms with Gasteiger partial charge in [0.2, 0.25) is 0 Å². The van der Waals surface area contributed by atoms with Crippen LogP contribution < -0.4 is 15.5 Å². The van der Waals surface area contributed by atoms with Gasteiger partial charge in [0.05, 0.1) is 13.1 Å². The second-order valence-corrected chi connectivity index (χ2v) is 6.35. The van der Waals surface area contributed by atoms with Crippen molar-refractivity contribution >= 4 is 11.8 Å². The molecule has 1 aromatic rings. The average molecular weight is 320 g/mol. The highest BCUT2D eigenvalue weighted by Crippen LogP contribution is 2.17. The Hall–Kier alpha value is -1.88. The van der Waals surface area contributed by atoms with Crippen LogP contribution in [-0.4, -0.2) is 38.0 Å². The lowest BCUT2D eigenvalue weighted by Gasteiger charge is -2.20. The fraction of sp³-hybridized carbons (Fsp3) is 0.556. The highest BCUT2D eigenvalue weighted by molar-refractivity contribution is 5.79. The number of carbonyl (C=O) groups is 2. The molecule has 5 nitrogen and oxygen atoms in total. The molecule has 2 atom stereocenters. The first-order valence-electron chi connectivity index (χ1n) is 8.37. The zero-order chi connectivity index (χ0) is 17.2. The summed E-state index contributed by atoms with van der Waals surface area (Å²) in [6, 6.07) is 10.2. The predicted octanol–water partition coefficient (Wildman–Crippen LogP) is 0.683. The molecule has 0 aliphatic carbocycles. The van der Waals surface area contributed by atoms with Gasteiger partial charge in [0.25, 0.3) is 11.8 Å². The lowest BCUT2D eigenvalue weighted by atomic mass is 10.0. The molecule has 3 N–H and O–H groups in total. The Kier molecular flexibility index (Phi) is 8.33. The molecule has 0 saturated heterocycles. The van der Waals surface area contributed by atoms with Gasteiger partial charge in [0.15, 0.2) is 13.1 Å². The minimum atomic E-state index is -0.0292. The van der Waals surface area contributed by atoms with Crippen LogP contribution in [0.1, 0.15) is 45.2 Å². The average Bonchev–Trinajstić information content (AvgIpc) is 2.46. The van der Waals surface area contributed by atoms with E-state index in [2.05, 4.69) is 17.6 Å². The van der Waals surface area contributed by atoms with E-state index >= 15 is 0 Å². The molecule has 0 aromatic heterocycles. The molecule has 0 fully saturated rings. The summed E-state index contributed by atoms with van der Waals surface area (Å²) in [4.78, 5) is 24.9. The molecule has 23 heavy (non-hydrogen) atoms. The number of hydrogen-bond acceptors (Lipinski definition) is 2. The number of likely N-dealkylation sites (N-methyl/N-ethyl adjacent to an activating group) is 1. The maximum Gasteiger partial charge on any atom is 0.275 e. The Balaban J connectivity index is 2.51. The topological polar surface area (TPSA) is 62.6 Å². The van der Waals surface area contributed by atoms with E-state index in [0.29, 0.717) is 13.1 Å². The standard InChI is InChI=1S/C18H29N3O2/c1-5-9-16(15-10-7-6-8-11-15)20-18(23)13-21(4)12-17(22)19-14(2)3/h6-8,10-11,14,16H,5,9,12-13H2,1-4H3,(H,19,22)(H,20,23)/p+1/t16-/m0/s1. The van der Waals surface area contributed by atoms with Crippen molar-refractivity contribution in [2.45, 2.75) is 45.7 Å². The third-order valence-corrected chi connectivity index (χ3v) is 3.49. The molecule has 0 aliphatic rings. The summed E-state index contributed by atoms with van der Waals surface area (Å²) < 4.78 is 0. The van der Waals surface area contributed by atoms with E-state index in [-0.39, 0.29) is 23.9 Å². The zero-order valence-corrected chi connectivity index (χ0v) is 14.7. The fourth-order valence-corrected chi connectivity index (χ4v) is 2.53. The number of nitrogens with one attached hydrogen (secondary N) is 3. The number of hydrogen-bond donors (Lipinski definition) is 3. The summed E-state index contributed by atoms with van der Waals surface area (Å²) in [6.45, 7) is 6.55. The molecule has 0 aliphatic heterocycles. The van der Waals surface area contributed by atoms with Crippen LogP contribution in [0.15, 0.2) is 30.3 Å². The van der Waals surface area contributed by atoms with Crippen molar-refractivity contribution in [3.8, 4) is 0 Å². The van der Waals surface area contributed by atoms with Gasteiger partial charge < -0.3 is 15.5 Å². The summed E-state index contributed by atoms with van der Waals surface area (Å²) in [5.74, 6) is -0.0550. The molecule has 0 radical (unpaired) electrons. The van der Waals surface area contributed by atoms with Gasteiger partial charge in [0, 0.05) is 6.04 Å². The van der Waals surface area contributed by atoms with E-state index < -0.39 is 0 Å². The maximum absolute atomic E-state index is 12.3. The van der Waals surface area contributed by atoms with Gasteiger partial charge in [-0.15, -0.1) is 0 Å². The minimum absolute atomic E-state index is 0.0258. The zero-order valence-electron chi connectivity index (χ0n) is 14.7. The van der Waals surface area contributed by atoms with Gasteiger partial charge >= 0.3 is 0 Å². The first-order valence-corrected chi connectivity index (χ1v) is 8.37. The Labute approximate surface area is 139 Å². The van der Waals surface area contributed by atoms with Crippen molar-refractivity contribution in [1.82, 2.24) is 10.6 Å². The largest absolute Gasteiger partial charge is 0.349 e. The molecule has 5 heteroatoms. The first-order chi connectivity index (χ1) is 10.9. The smallest absolute Gasteiger partial charge is 0.275 e. The van der Waals surface area contributed by atoms with Gasteiger partial charge in [-0.05, 0) is 25.8 Å². The molecule has 128 valence electrons. The van der Waals surface area contributed by atoms with Gasteiger partial charge in [-0.2, -0.15) is 0 Å². The van der Waals surface area contributed by atoms with Crippen molar-refractivity contribution in [1.29, 1.82) is 0 Å². The van der Waals surface area contributed by atoms with Crippen molar-refractivity contribution in [2.24, 2.45) is 0 Å². The van der Waals surface area contributed by atoms with E-state index in [1.54, 1.807) is 0 Å². The second-order valence-electron chi connectivity index (χ2n) is 6.35. The summed E-state index contributed by atoms with van der Waals surface area (Å²) in [5, 5.41) is 5.93. The predicted molar refractivity (Wildman–Crippen MR) is 92.1 cm³/mol. The number of rotatable bonds is 9. The summed E-state index contributed by atoms with van der Waals surface area (Å²) in [7, 11) is 1.86. The van der Waals surface area contributed by atoms with Crippen LogP contribution in [0.2, 0.25) is 0 Å². The van der Waals surface area contributed by atoms with Gasteiger partial charge in [-0.25, -0.2) is 0 Å². The lowest BCUT2D eigenvalue weighted by Crippen LogP contribution is -3.11. The van der Waals surface area contributed by atoms with Gasteiger partial charge in [-0.3, -0.25) is 9.59 Å². The van der Waals surface area contributed by atoms with Crippen molar-refractivity contribution in [3.05, 3.63) is 35.9 Å². The Morgan fingerprint density at radius 2 is 1.61 bits per heavy atom. The van der Waals surface area contributed by atoms with E-state index in [1.807, 2.05) is 51.2 Å². The van der Waals surface area contributed by atoms with E-state index in [1.165, 1.54) is 0 Å². The second kappa shape index (κ2) is 10.0. The lowest BCUT2D eigenvalue weighted by molar-refractivity contribution is -0.862. The SMILES string of the molecule is CCC[C@H](NC(=O)C[NH+](C)CC(=O)NC(C)C)c1ccccc1. The molecule has 1 aromatic carbocycles. The van der Waals surface area contributed by atoms with E-state index in [0.717, 1.165) is 23.3 Å². The van der Waals surface area contributed by atoms with Crippen molar-refractivity contribution < 1.29 is 14.5 Å². The first kappa shape index (κ1) is 19.2. The Bertz CT molecular complexity index is 488. The molecule has 1 unspecified atom stereocenters. The Morgan fingerprint density at radius 3 is 2.13 bits per heavy atom. The normalized spacial score (nSPS) is 13.4. The maximum atomic E-state index is 12.3.